The summed E-state index contributed by atoms with van der Waals surface area (Å²) in [6, 6.07) is 1.75. The van der Waals surface area contributed by atoms with Gasteiger partial charge in [0.2, 0.25) is 0 Å². The number of aromatic amines is 1. The smallest absolute Gasteiger partial charge is 0.267 e. The number of carbonyl (C=O) groups is 1. The first kappa shape index (κ1) is 13.4. The predicted octanol–water partition coefficient (Wildman–Crippen LogP) is 1.66. The second kappa shape index (κ2) is 6.20. The third-order valence-corrected chi connectivity index (χ3v) is 3.38. The van der Waals surface area contributed by atoms with Gasteiger partial charge in [-0.15, -0.1) is 0 Å². The van der Waals surface area contributed by atoms with E-state index < -0.39 is 10.8 Å². The van der Waals surface area contributed by atoms with E-state index in [2.05, 4.69) is 26.2 Å². The van der Waals surface area contributed by atoms with Gasteiger partial charge in [-0.2, -0.15) is 0 Å². The van der Waals surface area contributed by atoms with Crippen molar-refractivity contribution in [3.05, 3.63) is 22.4 Å². The predicted molar refractivity (Wildman–Crippen MR) is 69.0 cm³/mol. The maximum Gasteiger partial charge on any atom is 0.267 e. The molecule has 1 aromatic heterocycles. The molecule has 16 heavy (non-hydrogen) atoms. The molecule has 0 aliphatic carbocycles. The maximum absolute atomic E-state index is 11.7. The summed E-state index contributed by atoms with van der Waals surface area (Å²) in [5, 5.41) is 2.84. The quantitative estimate of drug-likeness (QED) is 0.869. The number of rotatable bonds is 5. The van der Waals surface area contributed by atoms with Gasteiger partial charge in [0, 0.05) is 39.5 Å². The maximum atomic E-state index is 11.7. The van der Waals surface area contributed by atoms with Gasteiger partial charge in [0.25, 0.3) is 5.91 Å². The van der Waals surface area contributed by atoms with Crippen molar-refractivity contribution < 1.29 is 9.00 Å². The van der Waals surface area contributed by atoms with Crippen LogP contribution in [0.1, 0.15) is 23.8 Å². The first-order chi connectivity index (χ1) is 7.49. The molecule has 0 aliphatic rings. The summed E-state index contributed by atoms with van der Waals surface area (Å²) in [5.74, 6) is 0.468. The van der Waals surface area contributed by atoms with E-state index in [1.165, 1.54) is 0 Å². The van der Waals surface area contributed by atoms with E-state index in [1.54, 1.807) is 18.5 Å². The Kier molecular flexibility index (Phi) is 5.21. The first-order valence-electron chi connectivity index (χ1n) is 4.94. The van der Waals surface area contributed by atoms with Crippen molar-refractivity contribution in [3.8, 4) is 0 Å². The lowest BCUT2D eigenvalue weighted by Gasteiger charge is -2.12. The van der Waals surface area contributed by atoms with Crippen LogP contribution in [-0.2, 0) is 10.8 Å². The van der Waals surface area contributed by atoms with Crippen LogP contribution < -0.4 is 5.32 Å². The Bertz CT molecular complexity index is 392. The molecule has 1 aromatic rings. The molecule has 2 atom stereocenters. The monoisotopic (exact) mass is 306 g/mol. The minimum atomic E-state index is -0.808. The fraction of sp³-hybridized carbons (Fsp3) is 0.500. The molecule has 2 N–H and O–H groups in total. The van der Waals surface area contributed by atoms with Crippen LogP contribution in [-0.4, -0.2) is 33.2 Å². The molecule has 1 rings (SSSR count). The van der Waals surface area contributed by atoms with E-state index in [1.807, 2.05) is 6.92 Å². The first-order valence-corrected chi connectivity index (χ1v) is 7.46. The molecule has 0 saturated carbocycles. The van der Waals surface area contributed by atoms with Crippen LogP contribution in [0.4, 0.5) is 0 Å². The molecule has 6 heteroatoms. The Morgan fingerprint density at radius 2 is 2.38 bits per heavy atom. The van der Waals surface area contributed by atoms with Crippen molar-refractivity contribution in [1.82, 2.24) is 10.3 Å². The summed E-state index contributed by atoms with van der Waals surface area (Å²) in [5.41, 5.74) is 0.524. The van der Waals surface area contributed by atoms with Crippen molar-refractivity contribution in [2.75, 3.05) is 12.0 Å². The Morgan fingerprint density at radius 1 is 1.69 bits per heavy atom. The highest BCUT2D eigenvalue weighted by Crippen LogP contribution is 2.10. The Hall–Kier alpha value is -0.620. The van der Waals surface area contributed by atoms with E-state index in [9.17, 15) is 9.00 Å². The standard InChI is InChI=1S/C10H15BrN2O2S/c1-7(3-4-16(2)15)13-10(14)9-5-8(11)6-12-9/h5-7,12H,3-4H2,1-2H3,(H,13,14). The average molecular weight is 307 g/mol. The molecule has 0 fully saturated rings. The van der Waals surface area contributed by atoms with Crippen molar-refractivity contribution >= 4 is 32.6 Å². The topological polar surface area (TPSA) is 62.0 Å². The minimum absolute atomic E-state index is 0.0264. The fourth-order valence-electron chi connectivity index (χ4n) is 1.22. The summed E-state index contributed by atoms with van der Waals surface area (Å²) in [4.78, 5) is 14.5. The average Bonchev–Trinajstić information content (AvgIpc) is 2.62. The van der Waals surface area contributed by atoms with E-state index in [4.69, 9.17) is 0 Å². The highest BCUT2D eigenvalue weighted by Gasteiger charge is 2.11. The SMILES string of the molecule is CC(CCS(C)=O)NC(=O)c1cc(Br)c[nH]1. The van der Waals surface area contributed by atoms with E-state index in [0.717, 1.165) is 10.9 Å². The molecule has 2 unspecified atom stereocenters. The van der Waals surface area contributed by atoms with Crippen LogP contribution in [0.5, 0.6) is 0 Å². The summed E-state index contributed by atoms with van der Waals surface area (Å²) < 4.78 is 11.7. The van der Waals surface area contributed by atoms with Crippen molar-refractivity contribution in [1.29, 1.82) is 0 Å². The molecule has 1 heterocycles. The second-order valence-electron chi connectivity index (χ2n) is 3.67. The van der Waals surface area contributed by atoms with E-state index in [0.29, 0.717) is 11.4 Å². The van der Waals surface area contributed by atoms with Crippen LogP contribution in [0.3, 0.4) is 0 Å². The van der Waals surface area contributed by atoms with Gasteiger partial charge in [-0.3, -0.25) is 9.00 Å². The second-order valence-corrected chi connectivity index (χ2v) is 6.14. The number of nitrogens with one attached hydrogen (secondary N) is 2. The lowest BCUT2D eigenvalue weighted by atomic mass is 10.2. The molecular weight excluding hydrogens is 292 g/mol. The molecule has 1 amide bonds. The number of carbonyl (C=O) groups excluding carboxylic acids is 1. The molecule has 4 nitrogen and oxygen atoms in total. The van der Waals surface area contributed by atoms with Gasteiger partial charge in [0.05, 0.1) is 0 Å². The zero-order valence-corrected chi connectivity index (χ0v) is 11.7. The molecule has 0 aromatic carbocycles. The van der Waals surface area contributed by atoms with Crippen LogP contribution in [0.2, 0.25) is 0 Å². The number of hydrogen-bond acceptors (Lipinski definition) is 2. The Morgan fingerprint density at radius 3 is 2.88 bits per heavy atom. The summed E-state index contributed by atoms with van der Waals surface area (Å²) >= 11 is 3.27. The van der Waals surface area contributed by atoms with E-state index in [-0.39, 0.29) is 11.9 Å². The molecule has 0 saturated heterocycles. The number of hydrogen-bond donors (Lipinski definition) is 2. The number of H-pyrrole nitrogens is 1. The summed E-state index contributed by atoms with van der Waals surface area (Å²) in [6.45, 7) is 1.91. The van der Waals surface area contributed by atoms with Gasteiger partial charge >= 0.3 is 0 Å². The largest absolute Gasteiger partial charge is 0.356 e. The van der Waals surface area contributed by atoms with E-state index >= 15 is 0 Å². The van der Waals surface area contributed by atoms with Gasteiger partial charge in [-0.1, -0.05) is 0 Å². The molecule has 0 aliphatic heterocycles. The lowest BCUT2D eigenvalue weighted by Crippen LogP contribution is -2.33. The third-order valence-electron chi connectivity index (χ3n) is 2.11. The zero-order valence-electron chi connectivity index (χ0n) is 9.25. The van der Waals surface area contributed by atoms with Gasteiger partial charge in [-0.05, 0) is 35.3 Å². The van der Waals surface area contributed by atoms with Crippen LogP contribution in [0, 0.1) is 0 Å². The Balaban J connectivity index is 2.42. The number of aromatic nitrogens is 1. The van der Waals surface area contributed by atoms with Crippen LogP contribution >= 0.6 is 15.9 Å². The summed E-state index contributed by atoms with van der Waals surface area (Å²) in [6.07, 6.45) is 4.09. The van der Waals surface area contributed by atoms with Crippen LogP contribution in [0.15, 0.2) is 16.7 Å². The highest BCUT2D eigenvalue weighted by atomic mass is 79.9. The fourth-order valence-corrected chi connectivity index (χ4v) is 2.24. The van der Waals surface area contributed by atoms with Gasteiger partial charge in [0.1, 0.15) is 5.69 Å². The van der Waals surface area contributed by atoms with Crippen molar-refractivity contribution in [2.24, 2.45) is 0 Å². The van der Waals surface area contributed by atoms with Crippen molar-refractivity contribution in [2.45, 2.75) is 19.4 Å². The Labute approximate surface area is 106 Å². The lowest BCUT2D eigenvalue weighted by molar-refractivity contribution is 0.0935. The molecule has 0 spiro atoms. The minimum Gasteiger partial charge on any atom is -0.356 e. The normalized spacial score (nSPS) is 14.4. The van der Waals surface area contributed by atoms with Gasteiger partial charge in [0.15, 0.2) is 0 Å². The van der Waals surface area contributed by atoms with Crippen LogP contribution in [0.25, 0.3) is 0 Å². The highest BCUT2D eigenvalue weighted by molar-refractivity contribution is 9.10. The number of amides is 1. The summed E-state index contributed by atoms with van der Waals surface area (Å²) in [7, 11) is -0.808. The zero-order chi connectivity index (χ0) is 12.1. The third kappa shape index (κ3) is 4.49. The molecule has 0 bridgehead atoms. The number of halogens is 1. The molecular formula is C10H15BrN2O2S. The molecule has 0 radical (unpaired) electrons. The van der Waals surface area contributed by atoms with Gasteiger partial charge in [-0.25, -0.2) is 0 Å². The molecule has 90 valence electrons. The van der Waals surface area contributed by atoms with Crippen molar-refractivity contribution in [3.63, 3.8) is 0 Å². The van der Waals surface area contributed by atoms with Gasteiger partial charge < -0.3 is 10.3 Å².